The second-order valence-electron chi connectivity index (χ2n) is 5.13. The first kappa shape index (κ1) is 15.8. The van der Waals surface area contributed by atoms with Crippen molar-refractivity contribution in [3.05, 3.63) is 46.7 Å². The van der Waals surface area contributed by atoms with Crippen molar-refractivity contribution in [2.45, 2.75) is 40.0 Å². The summed E-state index contributed by atoms with van der Waals surface area (Å²) >= 11 is 0. The number of likely N-dealkylation sites (N-methyl/N-ethyl adjacent to an activating group) is 1. The van der Waals surface area contributed by atoms with Gasteiger partial charge in [0.2, 0.25) is 0 Å². The fourth-order valence-corrected chi connectivity index (χ4v) is 2.34. The summed E-state index contributed by atoms with van der Waals surface area (Å²) in [4.78, 5) is 0. The van der Waals surface area contributed by atoms with E-state index in [1.165, 1.54) is 35.1 Å². The molecule has 0 saturated heterocycles. The molecule has 0 heterocycles. The van der Waals surface area contributed by atoms with Crippen molar-refractivity contribution < 1.29 is 0 Å². The van der Waals surface area contributed by atoms with E-state index in [0.717, 1.165) is 19.5 Å². The monoisotopic (exact) mass is 260 g/mol. The van der Waals surface area contributed by atoms with Crippen LogP contribution >= 0.6 is 0 Å². The molecule has 0 aromatic heterocycles. The van der Waals surface area contributed by atoms with Gasteiger partial charge in [0.1, 0.15) is 0 Å². The van der Waals surface area contributed by atoms with Gasteiger partial charge in [-0.3, -0.25) is 0 Å². The van der Waals surface area contributed by atoms with E-state index < -0.39 is 0 Å². The molecule has 106 valence electrons. The van der Waals surface area contributed by atoms with E-state index in [-0.39, 0.29) is 0 Å². The normalized spacial score (nSPS) is 17.1. The lowest BCUT2D eigenvalue weighted by Gasteiger charge is -2.13. The fraction of sp³-hybridized carbons (Fsp3) is 0.529. The molecule has 0 atom stereocenters. The molecule has 1 rings (SSSR count). The zero-order chi connectivity index (χ0) is 14.1. The predicted octanol–water partition coefficient (Wildman–Crippen LogP) is 3.70. The largest absolute Gasteiger partial charge is 0.387 e. The van der Waals surface area contributed by atoms with Gasteiger partial charge in [0.05, 0.1) is 0 Å². The molecule has 2 heteroatoms. The van der Waals surface area contributed by atoms with Crippen molar-refractivity contribution in [3.8, 4) is 0 Å². The van der Waals surface area contributed by atoms with Crippen molar-refractivity contribution in [2.24, 2.45) is 0 Å². The summed E-state index contributed by atoms with van der Waals surface area (Å²) in [7, 11) is 1.99. The first-order chi connectivity index (χ1) is 9.19. The van der Waals surface area contributed by atoms with Crippen molar-refractivity contribution in [1.82, 2.24) is 10.6 Å². The van der Waals surface area contributed by atoms with Gasteiger partial charge in [-0.05, 0) is 63.6 Å². The molecule has 0 amide bonds. The molecule has 0 unspecified atom stereocenters. The average molecular weight is 260 g/mol. The molecule has 0 aliphatic heterocycles. The topological polar surface area (TPSA) is 24.1 Å². The Hall–Kier alpha value is -1.28. The molecule has 1 aliphatic carbocycles. The van der Waals surface area contributed by atoms with Gasteiger partial charge in [-0.25, -0.2) is 0 Å². The van der Waals surface area contributed by atoms with Crippen LogP contribution in [0.1, 0.15) is 40.0 Å². The maximum absolute atomic E-state index is 3.42. The maximum Gasteiger partial charge on any atom is 0.0360 e. The lowest BCUT2D eigenvalue weighted by Crippen LogP contribution is -2.13. The molecule has 0 aromatic rings. The second-order valence-corrected chi connectivity index (χ2v) is 5.13. The smallest absolute Gasteiger partial charge is 0.0360 e. The summed E-state index contributed by atoms with van der Waals surface area (Å²) in [5.41, 5.74) is 5.78. The van der Waals surface area contributed by atoms with Gasteiger partial charge in [-0.1, -0.05) is 30.2 Å². The van der Waals surface area contributed by atoms with Gasteiger partial charge in [0, 0.05) is 13.1 Å². The van der Waals surface area contributed by atoms with Crippen LogP contribution in [0.15, 0.2) is 46.7 Å². The molecule has 2 nitrogen and oxygen atoms in total. The molecule has 0 radical (unpaired) electrons. The van der Waals surface area contributed by atoms with Crippen molar-refractivity contribution in [2.75, 3.05) is 20.1 Å². The molecule has 0 fully saturated rings. The van der Waals surface area contributed by atoms with Gasteiger partial charge >= 0.3 is 0 Å². The minimum Gasteiger partial charge on any atom is -0.387 e. The first-order valence-electron chi connectivity index (χ1n) is 7.27. The Bertz CT molecular complexity index is 397. The summed E-state index contributed by atoms with van der Waals surface area (Å²) < 4.78 is 0. The summed E-state index contributed by atoms with van der Waals surface area (Å²) in [6, 6.07) is 0. The lowest BCUT2D eigenvalue weighted by atomic mass is 9.99. The summed E-state index contributed by atoms with van der Waals surface area (Å²) in [5, 5.41) is 6.62. The third kappa shape index (κ3) is 5.48. The minimum atomic E-state index is 0.961. The van der Waals surface area contributed by atoms with E-state index in [9.17, 15) is 0 Å². The molecule has 0 saturated carbocycles. The number of hydrogen-bond donors (Lipinski definition) is 2. The number of hydrogen-bond acceptors (Lipinski definition) is 2. The highest BCUT2D eigenvalue weighted by Gasteiger charge is 2.03. The Kier molecular flexibility index (Phi) is 7.27. The van der Waals surface area contributed by atoms with E-state index >= 15 is 0 Å². The number of allylic oxidation sites excluding steroid dienone is 5. The third-order valence-electron chi connectivity index (χ3n) is 3.63. The van der Waals surface area contributed by atoms with Crippen molar-refractivity contribution >= 4 is 0 Å². The number of nitrogens with one attached hydrogen (secondary N) is 2. The molecular formula is C17H28N2. The van der Waals surface area contributed by atoms with Crippen molar-refractivity contribution in [3.63, 3.8) is 0 Å². The van der Waals surface area contributed by atoms with E-state index in [1.54, 1.807) is 0 Å². The zero-order valence-corrected chi connectivity index (χ0v) is 12.8. The SMILES string of the molecule is CCC(/C=C/NCC1=C(C)C=CCC1)=C(/C)CNC. The molecule has 0 spiro atoms. The Balaban J connectivity index is 2.49. The zero-order valence-electron chi connectivity index (χ0n) is 12.8. The van der Waals surface area contributed by atoms with Crippen LogP contribution in [-0.4, -0.2) is 20.1 Å². The average Bonchev–Trinajstić information content (AvgIpc) is 2.41. The van der Waals surface area contributed by atoms with Gasteiger partial charge < -0.3 is 10.6 Å². The molecule has 19 heavy (non-hydrogen) atoms. The highest BCUT2D eigenvalue weighted by atomic mass is 14.8. The maximum atomic E-state index is 3.42. The summed E-state index contributed by atoms with van der Waals surface area (Å²) in [6.45, 7) is 8.53. The Morgan fingerprint density at radius 2 is 2.21 bits per heavy atom. The Labute approximate surface area is 118 Å². The van der Waals surface area contributed by atoms with E-state index in [4.69, 9.17) is 0 Å². The quantitative estimate of drug-likeness (QED) is 0.682. The predicted molar refractivity (Wildman–Crippen MR) is 85.1 cm³/mol. The third-order valence-corrected chi connectivity index (χ3v) is 3.63. The van der Waals surface area contributed by atoms with Crippen LogP contribution in [0.25, 0.3) is 0 Å². The molecule has 1 aliphatic rings. The van der Waals surface area contributed by atoms with Crippen LogP contribution in [0.5, 0.6) is 0 Å². The summed E-state index contributed by atoms with van der Waals surface area (Å²) in [5.74, 6) is 0. The highest BCUT2D eigenvalue weighted by Crippen LogP contribution is 2.17. The molecule has 2 N–H and O–H groups in total. The number of rotatable bonds is 7. The van der Waals surface area contributed by atoms with Crippen LogP contribution < -0.4 is 10.6 Å². The Morgan fingerprint density at radius 1 is 1.42 bits per heavy atom. The highest BCUT2D eigenvalue weighted by molar-refractivity contribution is 5.29. The van der Waals surface area contributed by atoms with Crippen LogP contribution in [0, 0.1) is 0 Å². The lowest BCUT2D eigenvalue weighted by molar-refractivity contribution is 0.829. The molecular weight excluding hydrogens is 232 g/mol. The van der Waals surface area contributed by atoms with E-state index in [1.807, 2.05) is 7.05 Å². The summed E-state index contributed by atoms with van der Waals surface area (Å²) in [6.07, 6.45) is 12.2. The van der Waals surface area contributed by atoms with Crippen molar-refractivity contribution in [1.29, 1.82) is 0 Å². The van der Waals surface area contributed by atoms with Gasteiger partial charge in [0.15, 0.2) is 0 Å². The Morgan fingerprint density at radius 3 is 2.84 bits per heavy atom. The fourth-order valence-electron chi connectivity index (χ4n) is 2.34. The van der Waals surface area contributed by atoms with E-state index in [2.05, 4.69) is 55.8 Å². The van der Waals surface area contributed by atoms with Gasteiger partial charge in [-0.2, -0.15) is 0 Å². The minimum absolute atomic E-state index is 0.961. The standard InChI is InChI=1S/C17H28N2/c1-5-16(15(3)12-18-4)10-11-19-13-17-9-7-6-8-14(17)2/h6,8,10-11,18-19H,5,7,9,12-13H2,1-4H3/b11-10+,16-15+. The first-order valence-corrected chi connectivity index (χ1v) is 7.27. The van der Waals surface area contributed by atoms with E-state index in [0.29, 0.717) is 0 Å². The van der Waals surface area contributed by atoms with Crippen LogP contribution in [0.4, 0.5) is 0 Å². The molecule has 0 aromatic carbocycles. The van der Waals surface area contributed by atoms with Gasteiger partial charge in [-0.15, -0.1) is 0 Å². The molecule has 0 bridgehead atoms. The van der Waals surface area contributed by atoms with Crippen LogP contribution in [-0.2, 0) is 0 Å². The van der Waals surface area contributed by atoms with Crippen LogP contribution in [0.2, 0.25) is 0 Å². The second kappa shape index (κ2) is 8.76. The van der Waals surface area contributed by atoms with Crippen LogP contribution in [0.3, 0.4) is 0 Å². The van der Waals surface area contributed by atoms with Gasteiger partial charge in [0.25, 0.3) is 0 Å².